The average molecular weight is 334 g/mol. The third-order valence-corrected chi connectivity index (χ3v) is 3.78. The number of aromatic amines is 1. The fraction of sp³-hybridized carbons (Fsp3) is 0.438. The molecular weight excluding hydrogens is 315 g/mol. The SMILES string of the molecule is CCc1nc(C2CN(C(=O)COc3ccccc3F)CCO2)n[nH]1. The number of hydrogen-bond donors (Lipinski definition) is 1. The van der Waals surface area contributed by atoms with Crippen LogP contribution in [0.1, 0.15) is 24.7 Å². The molecule has 1 aromatic heterocycles. The van der Waals surface area contributed by atoms with Crippen molar-refractivity contribution in [1.29, 1.82) is 0 Å². The lowest BCUT2D eigenvalue weighted by molar-refractivity contribution is -0.141. The van der Waals surface area contributed by atoms with Gasteiger partial charge in [0.2, 0.25) is 0 Å². The molecule has 0 spiro atoms. The van der Waals surface area contributed by atoms with Gasteiger partial charge in [-0.15, -0.1) is 0 Å². The van der Waals surface area contributed by atoms with Gasteiger partial charge in [0.15, 0.2) is 24.0 Å². The summed E-state index contributed by atoms with van der Waals surface area (Å²) in [6, 6.07) is 6.00. The van der Waals surface area contributed by atoms with E-state index in [0.717, 1.165) is 12.2 Å². The standard InChI is InChI=1S/C16H19FN4O3/c1-2-14-18-16(20-19-14)13-9-21(7-8-23-13)15(22)10-24-12-6-4-3-5-11(12)17/h3-6,13H,2,7-10H2,1H3,(H,18,19,20). The van der Waals surface area contributed by atoms with E-state index in [9.17, 15) is 9.18 Å². The topological polar surface area (TPSA) is 80.3 Å². The molecule has 8 heteroatoms. The van der Waals surface area contributed by atoms with Crippen LogP contribution in [-0.2, 0) is 16.0 Å². The molecule has 1 unspecified atom stereocenters. The van der Waals surface area contributed by atoms with Gasteiger partial charge in [-0.25, -0.2) is 9.37 Å². The van der Waals surface area contributed by atoms with E-state index >= 15 is 0 Å². The van der Waals surface area contributed by atoms with Gasteiger partial charge in [0.05, 0.1) is 13.2 Å². The number of nitrogens with zero attached hydrogens (tertiary/aromatic N) is 3. The maximum atomic E-state index is 13.5. The number of halogens is 1. The predicted octanol–water partition coefficient (Wildman–Crippen LogP) is 1.49. The average Bonchev–Trinajstić information content (AvgIpc) is 3.10. The number of hydrogen-bond acceptors (Lipinski definition) is 5. The lowest BCUT2D eigenvalue weighted by Gasteiger charge is -2.31. The van der Waals surface area contributed by atoms with Crippen molar-refractivity contribution >= 4 is 5.91 Å². The van der Waals surface area contributed by atoms with Crippen molar-refractivity contribution in [2.45, 2.75) is 19.4 Å². The first kappa shape index (κ1) is 16.4. The molecule has 1 aliphatic heterocycles. The minimum absolute atomic E-state index is 0.0669. The van der Waals surface area contributed by atoms with Crippen molar-refractivity contribution in [2.24, 2.45) is 0 Å². The van der Waals surface area contributed by atoms with Gasteiger partial charge in [0.1, 0.15) is 11.9 Å². The van der Waals surface area contributed by atoms with E-state index in [1.165, 1.54) is 12.1 Å². The molecule has 2 heterocycles. The number of carbonyl (C=O) groups is 1. The highest BCUT2D eigenvalue weighted by atomic mass is 19.1. The number of benzene rings is 1. The molecule has 0 bridgehead atoms. The zero-order valence-corrected chi connectivity index (χ0v) is 13.4. The number of carbonyl (C=O) groups excluding carboxylic acids is 1. The second-order valence-electron chi connectivity index (χ2n) is 5.41. The Hall–Kier alpha value is -2.48. The third-order valence-electron chi connectivity index (χ3n) is 3.78. The van der Waals surface area contributed by atoms with Crippen molar-refractivity contribution in [2.75, 3.05) is 26.3 Å². The molecular formula is C16H19FN4O3. The molecule has 1 aliphatic rings. The molecule has 1 aromatic carbocycles. The Morgan fingerprint density at radius 3 is 3.08 bits per heavy atom. The molecule has 7 nitrogen and oxygen atoms in total. The van der Waals surface area contributed by atoms with Crippen LogP contribution in [0.15, 0.2) is 24.3 Å². The monoisotopic (exact) mass is 334 g/mol. The lowest BCUT2D eigenvalue weighted by atomic mass is 10.2. The summed E-state index contributed by atoms with van der Waals surface area (Å²) in [5.74, 6) is 0.673. The zero-order valence-electron chi connectivity index (χ0n) is 13.4. The minimum atomic E-state index is -0.488. The van der Waals surface area contributed by atoms with Gasteiger partial charge in [0.25, 0.3) is 5.91 Å². The predicted molar refractivity (Wildman–Crippen MR) is 82.9 cm³/mol. The molecule has 24 heavy (non-hydrogen) atoms. The number of amides is 1. The number of aryl methyl sites for hydroxylation is 1. The number of morpholine rings is 1. The summed E-state index contributed by atoms with van der Waals surface area (Å²) in [7, 11) is 0. The smallest absolute Gasteiger partial charge is 0.260 e. The first-order chi connectivity index (χ1) is 11.7. The highest BCUT2D eigenvalue weighted by Crippen LogP contribution is 2.20. The van der Waals surface area contributed by atoms with Crippen molar-refractivity contribution in [3.05, 3.63) is 41.7 Å². The number of H-pyrrole nitrogens is 1. The van der Waals surface area contributed by atoms with E-state index in [1.54, 1.807) is 17.0 Å². The first-order valence-corrected chi connectivity index (χ1v) is 7.85. The second-order valence-corrected chi connectivity index (χ2v) is 5.41. The fourth-order valence-corrected chi connectivity index (χ4v) is 2.44. The Morgan fingerprint density at radius 1 is 1.50 bits per heavy atom. The molecule has 128 valence electrons. The molecule has 1 N–H and O–H groups in total. The van der Waals surface area contributed by atoms with E-state index in [-0.39, 0.29) is 24.4 Å². The number of nitrogens with one attached hydrogen (secondary N) is 1. The number of aromatic nitrogens is 3. The van der Waals surface area contributed by atoms with Crippen molar-refractivity contribution < 1.29 is 18.7 Å². The van der Waals surface area contributed by atoms with Gasteiger partial charge in [-0.05, 0) is 12.1 Å². The van der Waals surface area contributed by atoms with Gasteiger partial charge in [-0.1, -0.05) is 19.1 Å². The van der Waals surface area contributed by atoms with Crippen LogP contribution in [0.5, 0.6) is 5.75 Å². The molecule has 1 amide bonds. The van der Waals surface area contributed by atoms with Crippen LogP contribution in [0.2, 0.25) is 0 Å². The molecule has 1 atom stereocenters. The summed E-state index contributed by atoms with van der Waals surface area (Å²) in [4.78, 5) is 18.3. The number of rotatable bonds is 5. The van der Waals surface area contributed by atoms with Crippen LogP contribution in [-0.4, -0.2) is 52.3 Å². The Morgan fingerprint density at radius 2 is 2.33 bits per heavy atom. The normalized spacial score (nSPS) is 17.8. The van der Waals surface area contributed by atoms with E-state index in [1.807, 2.05) is 6.92 Å². The molecule has 3 rings (SSSR count). The van der Waals surface area contributed by atoms with E-state index in [0.29, 0.717) is 25.5 Å². The van der Waals surface area contributed by atoms with Gasteiger partial charge >= 0.3 is 0 Å². The van der Waals surface area contributed by atoms with Gasteiger partial charge in [-0.3, -0.25) is 9.89 Å². The highest BCUT2D eigenvalue weighted by molar-refractivity contribution is 5.77. The lowest BCUT2D eigenvalue weighted by Crippen LogP contribution is -2.44. The van der Waals surface area contributed by atoms with Crippen LogP contribution in [0, 0.1) is 5.82 Å². The van der Waals surface area contributed by atoms with E-state index < -0.39 is 5.82 Å². The highest BCUT2D eigenvalue weighted by Gasteiger charge is 2.28. The third kappa shape index (κ3) is 3.70. The minimum Gasteiger partial charge on any atom is -0.481 e. The fourth-order valence-electron chi connectivity index (χ4n) is 2.44. The summed E-state index contributed by atoms with van der Waals surface area (Å²) < 4.78 is 24.4. The maximum absolute atomic E-state index is 13.5. The van der Waals surface area contributed by atoms with Crippen LogP contribution in [0.4, 0.5) is 4.39 Å². The number of ether oxygens (including phenoxy) is 2. The maximum Gasteiger partial charge on any atom is 0.260 e. The molecule has 1 saturated heterocycles. The summed E-state index contributed by atoms with van der Waals surface area (Å²) in [5, 5.41) is 6.97. The van der Waals surface area contributed by atoms with Gasteiger partial charge in [0, 0.05) is 13.0 Å². The molecule has 0 radical (unpaired) electrons. The van der Waals surface area contributed by atoms with Crippen molar-refractivity contribution in [1.82, 2.24) is 20.1 Å². The summed E-state index contributed by atoms with van der Waals surface area (Å²) in [6.45, 7) is 2.96. The Balaban J connectivity index is 1.58. The van der Waals surface area contributed by atoms with Crippen molar-refractivity contribution in [3.8, 4) is 5.75 Å². The van der Waals surface area contributed by atoms with E-state index in [4.69, 9.17) is 9.47 Å². The molecule has 1 fully saturated rings. The summed E-state index contributed by atoms with van der Waals surface area (Å²) in [5.41, 5.74) is 0. The summed E-state index contributed by atoms with van der Waals surface area (Å²) in [6.07, 6.45) is 0.381. The molecule has 0 saturated carbocycles. The van der Waals surface area contributed by atoms with E-state index in [2.05, 4.69) is 15.2 Å². The van der Waals surface area contributed by atoms with Crippen LogP contribution in [0.3, 0.4) is 0 Å². The zero-order chi connectivity index (χ0) is 16.9. The van der Waals surface area contributed by atoms with Gasteiger partial charge in [-0.2, -0.15) is 5.10 Å². The Bertz CT molecular complexity index is 706. The summed E-state index contributed by atoms with van der Waals surface area (Å²) >= 11 is 0. The molecule has 2 aromatic rings. The van der Waals surface area contributed by atoms with Crippen LogP contribution in [0.25, 0.3) is 0 Å². The van der Waals surface area contributed by atoms with Crippen molar-refractivity contribution in [3.63, 3.8) is 0 Å². The van der Waals surface area contributed by atoms with Crippen LogP contribution < -0.4 is 4.74 Å². The van der Waals surface area contributed by atoms with Crippen LogP contribution >= 0.6 is 0 Å². The van der Waals surface area contributed by atoms with Gasteiger partial charge < -0.3 is 14.4 Å². The quantitative estimate of drug-likeness (QED) is 0.896. The second kappa shape index (κ2) is 7.39. The Kier molecular flexibility index (Phi) is 5.05. The first-order valence-electron chi connectivity index (χ1n) is 7.85. The Labute approximate surface area is 138 Å². The molecule has 0 aliphatic carbocycles. The number of para-hydroxylation sites is 1. The largest absolute Gasteiger partial charge is 0.481 e.